The summed E-state index contributed by atoms with van der Waals surface area (Å²) in [7, 11) is 0. The maximum Gasteiger partial charge on any atom is 0.422 e. The van der Waals surface area contributed by atoms with Crippen molar-refractivity contribution in [2.75, 3.05) is 13.2 Å². The average Bonchev–Trinajstić information content (AvgIpc) is 3.15. The summed E-state index contributed by atoms with van der Waals surface area (Å²) in [5.74, 6) is 0.496. The number of aromatic nitrogens is 1. The molecule has 0 aromatic carbocycles. The van der Waals surface area contributed by atoms with Crippen LogP contribution in [0.1, 0.15) is 50.5 Å². The first-order chi connectivity index (χ1) is 12.9. The molecular weight excluding hydrogens is 359 g/mol. The largest absolute Gasteiger partial charge is 0.468 e. The van der Waals surface area contributed by atoms with E-state index in [4.69, 9.17) is 0 Å². The molecule has 2 aliphatic rings. The second kappa shape index (κ2) is 8.80. The minimum Gasteiger partial charge on any atom is -0.468 e. The van der Waals surface area contributed by atoms with E-state index in [0.29, 0.717) is 17.5 Å². The Bertz CT molecular complexity index is 633. The van der Waals surface area contributed by atoms with E-state index in [1.165, 1.54) is 44.4 Å². The highest BCUT2D eigenvalue weighted by atomic mass is 19.4. The summed E-state index contributed by atoms with van der Waals surface area (Å²) in [6, 6.07) is 3.30. The summed E-state index contributed by atoms with van der Waals surface area (Å²) >= 11 is 0. The monoisotopic (exact) mass is 385 g/mol. The Morgan fingerprint density at radius 3 is 2.74 bits per heavy atom. The van der Waals surface area contributed by atoms with Crippen molar-refractivity contribution in [3.63, 3.8) is 0 Å². The van der Waals surface area contributed by atoms with E-state index >= 15 is 0 Å². The number of likely N-dealkylation sites (tertiary alicyclic amines) is 1. The number of hydrogen-bond acceptors (Lipinski definition) is 3. The van der Waals surface area contributed by atoms with Crippen molar-refractivity contribution in [3.8, 4) is 5.88 Å². The molecule has 150 valence electrons. The molecule has 5 nitrogen and oxygen atoms in total. The van der Waals surface area contributed by atoms with Gasteiger partial charge in [0.1, 0.15) is 0 Å². The second-order valence-electron chi connectivity index (χ2n) is 7.37. The molecule has 1 aliphatic heterocycles. The van der Waals surface area contributed by atoms with Gasteiger partial charge in [0.2, 0.25) is 5.88 Å². The van der Waals surface area contributed by atoms with Crippen molar-refractivity contribution in [1.29, 1.82) is 0 Å². The van der Waals surface area contributed by atoms with E-state index in [0.717, 1.165) is 19.4 Å². The number of halogens is 3. The fourth-order valence-electron chi connectivity index (χ4n) is 4.13. The number of pyridine rings is 1. The van der Waals surface area contributed by atoms with Crippen molar-refractivity contribution in [2.24, 2.45) is 5.92 Å². The van der Waals surface area contributed by atoms with Gasteiger partial charge in [-0.25, -0.2) is 9.78 Å². The summed E-state index contributed by atoms with van der Waals surface area (Å²) in [4.78, 5) is 18.4. The molecule has 1 aromatic rings. The highest BCUT2D eigenvalue weighted by Crippen LogP contribution is 2.34. The van der Waals surface area contributed by atoms with E-state index < -0.39 is 12.8 Å². The molecule has 8 heteroatoms. The number of hydrogen-bond donors (Lipinski definition) is 1. The molecule has 0 unspecified atom stereocenters. The Hall–Kier alpha value is -1.99. The van der Waals surface area contributed by atoms with Crippen LogP contribution in [0.3, 0.4) is 0 Å². The van der Waals surface area contributed by atoms with Gasteiger partial charge in [0.05, 0.1) is 0 Å². The normalized spacial score (nSPS) is 21.3. The third-order valence-corrected chi connectivity index (χ3v) is 5.38. The fraction of sp³-hybridized carbons (Fsp3) is 0.684. The molecule has 1 saturated carbocycles. The van der Waals surface area contributed by atoms with Gasteiger partial charge in [-0.1, -0.05) is 19.3 Å². The number of nitrogens with zero attached hydrogens (tertiary/aromatic N) is 2. The molecule has 1 aliphatic carbocycles. The van der Waals surface area contributed by atoms with Crippen molar-refractivity contribution >= 4 is 6.03 Å². The summed E-state index contributed by atoms with van der Waals surface area (Å²) in [6.07, 6.45) is 5.22. The van der Waals surface area contributed by atoms with Crippen LogP contribution in [0.2, 0.25) is 0 Å². The van der Waals surface area contributed by atoms with E-state index in [1.54, 1.807) is 6.07 Å². The van der Waals surface area contributed by atoms with Crippen LogP contribution in [0, 0.1) is 5.92 Å². The number of amides is 2. The molecule has 1 aromatic heterocycles. The smallest absolute Gasteiger partial charge is 0.422 e. The molecule has 0 radical (unpaired) electrons. The molecular formula is C19H26F3N3O2. The van der Waals surface area contributed by atoms with E-state index in [9.17, 15) is 18.0 Å². The zero-order chi connectivity index (χ0) is 19.3. The Labute approximate surface area is 157 Å². The van der Waals surface area contributed by atoms with Gasteiger partial charge in [-0.15, -0.1) is 0 Å². The summed E-state index contributed by atoms with van der Waals surface area (Å²) < 4.78 is 41.4. The maximum absolute atomic E-state index is 12.6. The summed E-state index contributed by atoms with van der Waals surface area (Å²) in [5, 5.41) is 2.89. The predicted molar refractivity (Wildman–Crippen MR) is 94.3 cm³/mol. The van der Waals surface area contributed by atoms with Crippen molar-refractivity contribution in [3.05, 3.63) is 23.9 Å². The Morgan fingerprint density at radius 2 is 2.00 bits per heavy atom. The molecule has 1 N–H and O–H groups in total. The zero-order valence-corrected chi connectivity index (χ0v) is 15.3. The number of rotatable bonds is 5. The first kappa shape index (κ1) is 19.8. The van der Waals surface area contributed by atoms with Gasteiger partial charge in [0.25, 0.3) is 0 Å². The first-order valence-electron chi connectivity index (χ1n) is 9.61. The number of nitrogens with one attached hydrogen (secondary N) is 1. The average molecular weight is 385 g/mol. The lowest BCUT2D eigenvalue weighted by atomic mass is 9.83. The molecule has 2 fully saturated rings. The number of ether oxygens (including phenoxy) is 1. The van der Waals surface area contributed by atoms with E-state index in [2.05, 4.69) is 15.0 Å². The highest BCUT2D eigenvalue weighted by Gasteiger charge is 2.35. The third-order valence-electron chi connectivity index (χ3n) is 5.38. The molecule has 0 bridgehead atoms. The summed E-state index contributed by atoms with van der Waals surface area (Å²) in [5.41, 5.74) is 0.656. The topological polar surface area (TPSA) is 54.5 Å². The van der Waals surface area contributed by atoms with Crippen LogP contribution >= 0.6 is 0 Å². The SMILES string of the molecule is O=C(NCc1ccnc(OCC(F)(F)F)c1)N1CCC[C@@H]1C1CCCCC1. The van der Waals surface area contributed by atoms with Crippen LogP contribution in [0.5, 0.6) is 5.88 Å². The van der Waals surface area contributed by atoms with Crippen LogP contribution in [-0.4, -0.2) is 41.3 Å². The second-order valence-corrected chi connectivity index (χ2v) is 7.37. The lowest BCUT2D eigenvalue weighted by Crippen LogP contribution is -2.45. The fourth-order valence-corrected chi connectivity index (χ4v) is 4.13. The number of urea groups is 1. The lowest BCUT2D eigenvalue weighted by molar-refractivity contribution is -0.154. The van der Waals surface area contributed by atoms with Crippen LogP contribution in [0.15, 0.2) is 18.3 Å². The third kappa shape index (κ3) is 5.74. The molecule has 1 saturated heterocycles. The van der Waals surface area contributed by atoms with Crippen molar-refractivity contribution in [1.82, 2.24) is 15.2 Å². The van der Waals surface area contributed by atoms with Crippen LogP contribution < -0.4 is 10.1 Å². The van der Waals surface area contributed by atoms with E-state index in [-0.39, 0.29) is 18.5 Å². The van der Waals surface area contributed by atoms with Gasteiger partial charge in [0, 0.05) is 31.4 Å². The zero-order valence-electron chi connectivity index (χ0n) is 15.3. The molecule has 2 amide bonds. The van der Waals surface area contributed by atoms with Crippen molar-refractivity contribution in [2.45, 2.75) is 63.7 Å². The maximum atomic E-state index is 12.6. The highest BCUT2D eigenvalue weighted by molar-refractivity contribution is 5.74. The van der Waals surface area contributed by atoms with Gasteiger partial charge >= 0.3 is 12.2 Å². The first-order valence-corrected chi connectivity index (χ1v) is 9.61. The Morgan fingerprint density at radius 1 is 1.22 bits per heavy atom. The minimum absolute atomic E-state index is 0.0969. The van der Waals surface area contributed by atoms with Crippen LogP contribution in [-0.2, 0) is 6.54 Å². The van der Waals surface area contributed by atoms with Gasteiger partial charge < -0.3 is 15.0 Å². The van der Waals surface area contributed by atoms with Crippen molar-refractivity contribution < 1.29 is 22.7 Å². The number of carbonyl (C=O) groups is 1. The standard InChI is InChI=1S/C19H26F3N3O2/c20-19(21,22)13-27-17-11-14(8-9-23-17)12-24-18(26)25-10-4-7-16(25)15-5-2-1-3-6-15/h8-9,11,15-16H,1-7,10,12-13H2,(H,24,26)/t16-/m1/s1. The minimum atomic E-state index is -4.41. The molecule has 27 heavy (non-hydrogen) atoms. The van der Waals surface area contributed by atoms with Gasteiger partial charge in [0.15, 0.2) is 6.61 Å². The lowest BCUT2D eigenvalue weighted by Gasteiger charge is -2.34. The molecule has 1 atom stereocenters. The Balaban J connectivity index is 1.52. The quantitative estimate of drug-likeness (QED) is 0.823. The molecule has 0 spiro atoms. The van der Waals surface area contributed by atoms with Crippen LogP contribution in [0.25, 0.3) is 0 Å². The van der Waals surface area contributed by atoms with Gasteiger partial charge in [-0.05, 0) is 43.2 Å². The van der Waals surface area contributed by atoms with Crippen LogP contribution in [0.4, 0.5) is 18.0 Å². The number of alkyl halides is 3. The number of carbonyl (C=O) groups excluding carboxylic acids is 1. The Kier molecular flexibility index (Phi) is 6.44. The summed E-state index contributed by atoms with van der Waals surface area (Å²) in [6.45, 7) is -0.381. The van der Waals surface area contributed by atoms with Gasteiger partial charge in [-0.3, -0.25) is 0 Å². The molecule has 3 rings (SSSR count). The van der Waals surface area contributed by atoms with E-state index in [1.807, 2.05) is 4.90 Å². The molecule has 2 heterocycles. The van der Waals surface area contributed by atoms with Gasteiger partial charge in [-0.2, -0.15) is 13.2 Å². The predicted octanol–water partition coefficient (Wildman–Crippen LogP) is 4.28.